The molecule has 1 rings (SSSR count). The molecule has 76 valence electrons. The number of nitrogens with zero attached hydrogens (tertiary/aromatic N) is 3. The Morgan fingerprint density at radius 1 is 1.50 bits per heavy atom. The summed E-state index contributed by atoms with van der Waals surface area (Å²) in [6.45, 7) is 2.73. The first-order valence-electron chi connectivity index (χ1n) is 4.48. The second-order valence-corrected chi connectivity index (χ2v) is 3.05. The van der Waals surface area contributed by atoms with Crippen LogP contribution in [0.2, 0.25) is 0 Å². The molecule has 2 N–H and O–H groups in total. The third kappa shape index (κ3) is 2.42. The Bertz CT molecular complexity index is 309. The van der Waals surface area contributed by atoms with Gasteiger partial charge in [0.25, 0.3) is 5.91 Å². The minimum Gasteiger partial charge on any atom is -0.382 e. The van der Waals surface area contributed by atoms with Gasteiger partial charge in [0.1, 0.15) is 11.5 Å². The van der Waals surface area contributed by atoms with Gasteiger partial charge in [0, 0.05) is 13.6 Å². The smallest absolute Gasteiger partial charge is 0.273 e. The molecule has 0 bridgehead atoms. The van der Waals surface area contributed by atoms with E-state index in [0.717, 1.165) is 6.42 Å². The number of carbonyl (C=O) groups is 1. The molecule has 0 unspecified atom stereocenters. The van der Waals surface area contributed by atoms with Gasteiger partial charge in [-0.25, -0.2) is 9.97 Å². The van der Waals surface area contributed by atoms with Crippen LogP contribution in [0, 0.1) is 0 Å². The fraction of sp³-hybridized carbons (Fsp3) is 0.444. The molecule has 0 spiro atoms. The Morgan fingerprint density at radius 2 is 2.21 bits per heavy atom. The summed E-state index contributed by atoms with van der Waals surface area (Å²) in [6, 6.07) is 0. The van der Waals surface area contributed by atoms with Crippen LogP contribution in [-0.4, -0.2) is 34.4 Å². The first-order chi connectivity index (χ1) is 6.65. The highest BCUT2D eigenvalue weighted by molar-refractivity contribution is 5.91. The third-order valence-corrected chi connectivity index (χ3v) is 1.80. The molecule has 1 heterocycles. The first-order valence-corrected chi connectivity index (χ1v) is 4.48. The number of nitrogen functional groups attached to an aromatic ring is 1. The molecule has 0 aliphatic heterocycles. The normalized spacial score (nSPS) is 9.86. The van der Waals surface area contributed by atoms with Gasteiger partial charge in [-0.2, -0.15) is 0 Å². The summed E-state index contributed by atoms with van der Waals surface area (Å²) in [7, 11) is 1.74. The largest absolute Gasteiger partial charge is 0.382 e. The first kappa shape index (κ1) is 10.4. The quantitative estimate of drug-likeness (QED) is 0.762. The van der Waals surface area contributed by atoms with Crippen LogP contribution in [0.15, 0.2) is 12.4 Å². The predicted octanol–water partition coefficient (Wildman–Crippen LogP) is 0.541. The van der Waals surface area contributed by atoms with Crippen LogP contribution in [0.3, 0.4) is 0 Å². The fourth-order valence-electron chi connectivity index (χ4n) is 1.08. The van der Waals surface area contributed by atoms with Crippen molar-refractivity contribution in [3.63, 3.8) is 0 Å². The minimum atomic E-state index is -0.126. The Labute approximate surface area is 83.0 Å². The van der Waals surface area contributed by atoms with Gasteiger partial charge in [-0.3, -0.25) is 4.79 Å². The van der Waals surface area contributed by atoms with E-state index < -0.39 is 0 Å². The van der Waals surface area contributed by atoms with Gasteiger partial charge in [0.2, 0.25) is 0 Å². The molecular formula is C9H14N4O. The highest BCUT2D eigenvalue weighted by Gasteiger charge is 2.11. The molecule has 5 nitrogen and oxygen atoms in total. The van der Waals surface area contributed by atoms with E-state index in [4.69, 9.17) is 5.73 Å². The van der Waals surface area contributed by atoms with Gasteiger partial charge in [-0.05, 0) is 6.42 Å². The second kappa shape index (κ2) is 4.55. The van der Waals surface area contributed by atoms with Crippen molar-refractivity contribution in [2.75, 3.05) is 19.3 Å². The Morgan fingerprint density at radius 3 is 2.71 bits per heavy atom. The topological polar surface area (TPSA) is 72.1 Å². The molecule has 1 amide bonds. The van der Waals surface area contributed by atoms with Crippen LogP contribution in [0.4, 0.5) is 5.82 Å². The van der Waals surface area contributed by atoms with Crippen LogP contribution in [0.1, 0.15) is 23.8 Å². The lowest BCUT2D eigenvalue weighted by atomic mass is 10.3. The van der Waals surface area contributed by atoms with E-state index in [2.05, 4.69) is 9.97 Å². The summed E-state index contributed by atoms with van der Waals surface area (Å²) in [5.74, 6) is 0.194. The fourth-order valence-corrected chi connectivity index (χ4v) is 1.08. The summed E-state index contributed by atoms with van der Waals surface area (Å²) >= 11 is 0. The van der Waals surface area contributed by atoms with Crippen LogP contribution < -0.4 is 5.73 Å². The van der Waals surface area contributed by atoms with Gasteiger partial charge in [-0.15, -0.1) is 0 Å². The highest BCUT2D eigenvalue weighted by atomic mass is 16.2. The van der Waals surface area contributed by atoms with Crippen LogP contribution in [0.25, 0.3) is 0 Å². The van der Waals surface area contributed by atoms with Gasteiger partial charge in [0.15, 0.2) is 0 Å². The van der Waals surface area contributed by atoms with Crippen molar-refractivity contribution in [2.24, 2.45) is 0 Å². The predicted molar refractivity (Wildman–Crippen MR) is 53.7 cm³/mol. The number of nitrogens with two attached hydrogens (primary N) is 1. The third-order valence-electron chi connectivity index (χ3n) is 1.80. The number of hydrogen-bond donors (Lipinski definition) is 1. The molecule has 0 saturated heterocycles. The Kier molecular flexibility index (Phi) is 3.39. The molecule has 0 aromatic carbocycles. The molecule has 0 radical (unpaired) electrons. The van der Waals surface area contributed by atoms with Crippen molar-refractivity contribution in [2.45, 2.75) is 13.3 Å². The van der Waals surface area contributed by atoms with Crippen LogP contribution in [-0.2, 0) is 0 Å². The van der Waals surface area contributed by atoms with Gasteiger partial charge in [-0.1, -0.05) is 6.92 Å². The zero-order valence-corrected chi connectivity index (χ0v) is 8.40. The molecule has 1 aromatic rings. The number of rotatable bonds is 3. The maximum atomic E-state index is 11.6. The summed E-state index contributed by atoms with van der Waals surface area (Å²) in [4.78, 5) is 21.0. The number of anilines is 1. The molecule has 0 aliphatic rings. The number of aromatic nitrogens is 2. The standard InChI is InChI=1S/C9H14N4O/c1-3-4-13(2)9(14)7-5-12-8(10)6-11-7/h5-6H,3-4H2,1-2H3,(H2,10,12). The Balaban J connectivity index is 2.74. The van der Waals surface area contributed by atoms with E-state index in [9.17, 15) is 4.79 Å². The molecule has 14 heavy (non-hydrogen) atoms. The van der Waals surface area contributed by atoms with Crippen molar-refractivity contribution in [1.82, 2.24) is 14.9 Å². The van der Waals surface area contributed by atoms with Crippen molar-refractivity contribution >= 4 is 11.7 Å². The highest BCUT2D eigenvalue weighted by Crippen LogP contribution is 2.00. The summed E-state index contributed by atoms with van der Waals surface area (Å²) in [5, 5.41) is 0. The zero-order valence-electron chi connectivity index (χ0n) is 8.40. The van der Waals surface area contributed by atoms with Gasteiger partial charge >= 0.3 is 0 Å². The summed E-state index contributed by atoms with van der Waals surface area (Å²) in [6.07, 6.45) is 3.70. The number of amides is 1. The molecule has 0 saturated carbocycles. The molecule has 0 fully saturated rings. The number of hydrogen-bond acceptors (Lipinski definition) is 4. The van der Waals surface area contributed by atoms with Crippen molar-refractivity contribution < 1.29 is 4.79 Å². The average molecular weight is 194 g/mol. The lowest BCUT2D eigenvalue weighted by Gasteiger charge is -2.14. The SMILES string of the molecule is CCCN(C)C(=O)c1cnc(N)cn1. The van der Waals surface area contributed by atoms with E-state index in [-0.39, 0.29) is 5.91 Å². The van der Waals surface area contributed by atoms with Gasteiger partial charge < -0.3 is 10.6 Å². The Hall–Kier alpha value is -1.65. The summed E-state index contributed by atoms with van der Waals surface area (Å²) < 4.78 is 0. The zero-order chi connectivity index (χ0) is 10.6. The van der Waals surface area contributed by atoms with E-state index in [1.165, 1.54) is 12.4 Å². The maximum Gasteiger partial charge on any atom is 0.273 e. The molecular weight excluding hydrogens is 180 g/mol. The van der Waals surface area contributed by atoms with Crippen LogP contribution >= 0.6 is 0 Å². The van der Waals surface area contributed by atoms with E-state index in [1.807, 2.05) is 6.92 Å². The van der Waals surface area contributed by atoms with Crippen LogP contribution in [0.5, 0.6) is 0 Å². The summed E-state index contributed by atoms with van der Waals surface area (Å²) in [5.41, 5.74) is 5.69. The van der Waals surface area contributed by atoms with E-state index in [0.29, 0.717) is 18.1 Å². The van der Waals surface area contributed by atoms with E-state index in [1.54, 1.807) is 11.9 Å². The lowest BCUT2D eigenvalue weighted by Crippen LogP contribution is -2.28. The molecule has 5 heteroatoms. The molecule has 1 aromatic heterocycles. The monoisotopic (exact) mass is 194 g/mol. The van der Waals surface area contributed by atoms with Crippen molar-refractivity contribution in [1.29, 1.82) is 0 Å². The van der Waals surface area contributed by atoms with Gasteiger partial charge in [0.05, 0.1) is 12.4 Å². The molecule has 0 aliphatic carbocycles. The lowest BCUT2D eigenvalue weighted by molar-refractivity contribution is 0.0789. The second-order valence-electron chi connectivity index (χ2n) is 3.05. The average Bonchev–Trinajstić information content (AvgIpc) is 2.18. The van der Waals surface area contributed by atoms with E-state index >= 15 is 0 Å². The molecule has 0 atom stereocenters. The van der Waals surface area contributed by atoms with Crippen molar-refractivity contribution in [3.05, 3.63) is 18.1 Å². The van der Waals surface area contributed by atoms with Crippen molar-refractivity contribution in [3.8, 4) is 0 Å². The maximum absolute atomic E-state index is 11.6. The minimum absolute atomic E-state index is 0.126. The number of carbonyl (C=O) groups excluding carboxylic acids is 1.